The number of ketones is 1. The molecule has 1 nitrogen and oxygen atoms in total. The molecule has 0 radical (unpaired) electrons. The van der Waals surface area contributed by atoms with Gasteiger partial charge in [-0.1, -0.05) is 35.3 Å². The van der Waals surface area contributed by atoms with Crippen LogP contribution in [0.5, 0.6) is 0 Å². The zero-order valence-corrected chi connectivity index (χ0v) is 10.7. The molecule has 0 unspecified atom stereocenters. The number of halogens is 2. The summed E-state index contributed by atoms with van der Waals surface area (Å²) < 4.78 is 0. The Balaban J connectivity index is 2.40. The second-order valence-electron chi connectivity index (χ2n) is 3.80. The Kier molecular flexibility index (Phi) is 3.51. The summed E-state index contributed by atoms with van der Waals surface area (Å²) in [7, 11) is 0. The molecule has 0 heterocycles. The third kappa shape index (κ3) is 2.68. The van der Waals surface area contributed by atoms with Crippen LogP contribution < -0.4 is 0 Å². The van der Waals surface area contributed by atoms with Crippen molar-refractivity contribution in [3.63, 3.8) is 0 Å². The zero-order chi connectivity index (χ0) is 12.4. The Hall–Kier alpha value is -1.31. The number of hydrogen-bond donors (Lipinski definition) is 0. The first-order chi connectivity index (χ1) is 8.08. The van der Waals surface area contributed by atoms with Crippen LogP contribution in [0.3, 0.4) is 0 Å². The highest BCUT2D eigenvalue weighted by Gasteiger charge is 2.10. The molecule has 0 aliphatic rings. The molecule has 0 saturated carbocycles. The van der Waals surface area contributed by atoms with E-state index in [1.807, 2.05) is 6.92 Å². The average molecular weight is 265 g/mol. The van der Waals surface area contributed by atoms with Gasteiger partial charge in [0.15, 0.2) is 5.78 Å². The van der Waals surface area contributed by atoms with Crippen molar-refractivity contribution < 1.29 is 4.79 Å². The van der Waals surface area contributed by atoms with Crippen LogP contribution >= 0.6 is 23.2 Å². The van der Waals surface area contributed by atoms with Crippen LogP contribution in [-0.2, 0) is 0 Å². The fourth-order valence-electron chi connectivity index (χ4n) is 1.58. The number of aryl methyl sites for hydroxylation is 1. The van der Waals surface area contributed by atoms with E-state index in [-0.39, 0.29) is 5.78 Å². The minimum Gasteiger partial charge on any atom is -0.289 e. The standard InChI is InChI=1S/C14H10Cl2O/c1-9-7-11(5-6-13(9)16)14(17)10-3-2-4-12(15)8-10/h2-8H,1H3. The van der Waals surface area contributed by atoms with Crippen LogP contribution in [0.4, 0.5) is 0 Å². The van der Waals surface area contributed by atoms with Crippen LogP contribution in [0.15, 0.2) is 42.5 Å². The molecule has 17 heavy (non-hydrogen) atoms. The van der Waals surface area contributed by atoms with Crippen LogP contribution in [0.1, 0.15) is 21.5 Å². The summed E-state index contributed by atoms with van der Waals surface area (Å²) in [6.07, 6.45) is 0. The summed E-state index contributed by atoms with van der Waals surface area (Å²) >= 11 is 11.8. The highest BCUT2D eigenvalue weighted by Crippen LogP contribution is 2.20. The lowest BCUT2D eigenvalue weighted by molar-refractivity contribution is 0.103. The van der Waals surface area contributed by atoms with Crippen molar-refractivity contribution in [2.24, 2.45) is 0 Å². The van der Waals surface area contributed by atoms with Gasteiger partial charge in [0.05, 0.1) is 0 Å². The lowest BCUT2D eigenvalue weighted by atomic mass is 10.0. The molecule has 86 valence electrons. The Morgan fingerprint density at radius 2 is 1.71 bits per heavy atom. The van der Waals surface area contributed by atoms with Crippen LogP contribution in [0, 0.1) is 6.92 Å². The summed E-state index contributed by atoms with van der Waals surface area (Å²) in [5.74, 6) is -0.0488. The minimum atomic E-state index is -0.0488. The Morgan fingerprint density at radius 1 is 1.00 bits per heavy atom. The van der Waals surface area contributed by atoms with Crippen LogP contribution in [0.25, 0.3) is 0 Å². The zero-order valence-electron chi connectivity index (χ0n) is 9.21. The first-order valence-corrected chi connectivity index (χ1v) is 5.90. The van der Waals surface area contributed by atoms with Gasteiger partial charge in [-0.25, -0.2) is 0 Å². The maximum absolute atomic E-state index is 12.2. The van der Waals surface area contributed by atoms with Gasteiger partial charge in [-0.05, 0) is 42.8 Å². The lowest BCUT2D eigenvalue weighted by Crippen LogP contribution is -2.01. The van der Waals surface area contributed by atoms with Gasteiger partial charge >= 0.3 is 0 Å². The van der Waals surface area contributed by atoms with Gasteiger partial charge in [0.2, 0.25) is 0 Å². The monoisotopic (exact) mass is 264 g/mol. The molecule has 0 aliphatic carbocycles. The molecule has 0 saturated heterocycles. The highest BCUT2D eigenvalue weighted by molar-refractivity contribution is 6.32. The van der Waals surface area contributed by atoms with E-state index in [4.69, 9.17) is 23.2 Å². The highest BCUT2D eigenvalue weighted by atomic mass is 35.5. The molecule has 2 aromatic rings. The van der Waals surface area contributed by atoms with E-state index in [9.17, 15) is 4.79 Å². The minimum absolute atomic E-state index is 0.0488. The van der Waals surface area contributed by atoms with Crippen molar-refractivity contribution in [2.75, 3.05) is 0 Å². The van der Waals surface area contributed by atoms with Gasteiger partial charge in [0, 0.05) is 21.2 Å². The molecule has 0 aromatic heterocycles. The van der Waals surface area contributed by atoms with Gasteiger partial charge in [0.1, 0.15) is 0 Å². The molecule has 0 atom stereocenters. The Labute approximate surface area is 110 Å². The molecule has 2 rings (SSSR count). The van der Waals surface area contributed by atoms with Gasteiger partial charge in [-0.15, -0.1) is 0 Å². The molecule has 0 amide bonds. The summed E-state index contributed by atoms with van der Waals surface area (Å²) in [5, 5.41) is 1.22. The molecule has 0 spiro atoms. The number of benzene rings is 2. The number of carbonyl (C=O) groups is 1. The van der Waals surface area contributed by atoms with E-state index in [1.165, 1.54) is 0 Å². The second-order valence-corrected chi connectivity index (χ2v) is 4.65. The van der Waals surface area contributed by atoms with Gasteiger partial charge in [0.25, 0.3) is 0 Å². The topological polar surface area (TPSA) is 17.1 Å². The molecule has 0 aliphatic heterocycles. The Bertz CT molecular complexity index is 576. The molecule has 3 heteroatoms. The SMILES string of the molecule is Cc1cc(C(=O)c2cccc(Cl)c2)ccc1Cl. The van der Waals surface area contributed by atoms with Crippen molar-refractivity contribution in [2.45, 2.75) is 6.92 Å². The van der Waals surface area contributed by atoms with E-state index in [0.29, 0.717) is 21.2 Å². The summed E-state index contributed by atoms with van der Waals surface area (Å²) in [5.41, 5.74) is 2.09. The van der Waals surface area contributed by atoms with Gasteiger partial charge in [-0.3, -0.25) is 4.79 Å². The number of carbonyl (C=O) groups excluding carboxylic acids is 1. The van der Waals surface area contributed by atoms with E-state index in [2.05, 4.69) is 0 Å². The maximum Gasteiger partial charge on any atom is 0.193 e. The van der Waals surface area contributed by atoms with Gasteiger partial charge in [-0.2, -0.15) is 0 Å². The summed E-state index contributed by atoms with van der Waals surface area (Å²) in [6, 6.07) is 12.1. The van der Waals surface area contributed by atoms with E-state index >= 15 is 0 Å². The molecular weight excluding hydrogens is 255 g/mol. The predicted molar refractivity (Wildman–Crippen MR) is 71.1 cm³/mol. The van der Waals surface area contributed by atoms with Crippen molar-refractivity contribution in [1.29, 1.82) is 0 Å². The summed E-state index contributed by atoms with van der Waals surface area (Å²) in [4.78, 5) is 12.2. The lowest BCUT2D eigenvalue weighted by Gasteiger charge is -2.04. The Morgan fingerprint density at radius 3 is 2.35 bits per heavy atom. The molecule has 0 fully saturated rings. The maximum atomic E-state index is 12.2. The van der Waals surface area contributed by atoms with E-state index in [1.54, 1.807) is 42.5 Å². The fourth-order valence-corrected chi connectivity index (χ4v) is 1.89. The van der Waals surface area contributed by atoms with Crippen LogP contribution in [0.2, 0.25) is 10.0 Å². The normalized spacial score (nSPS) is 10.3. The average Bonchev–Trinajstić information content (AvgIpc) is 2.32. The first kappa shape index (κ1) is 12.2. The number of hydrogen-bond acceptors (Lipinski definition) is 1. The molecule has 0 N–H and O–H groups in total. The molecule has 2 aromatic carbocycles. The summed E-state index contributed by atoms with van der Waals surface area (Å²) in [6.45, 7) is 1.87. The van der Waals surface area contributed by atoms with Crippen molar-refractivity contribution in [3.8, 4) is 0 Å². The van der Waals surface area contributed by atoms with E-state index < -0.39 is 0 Å². The fraction of sp³-hybridized carbons (Fsp3) is 0.0714. The smallest absolute Gasteiger partial charge is 0.193 e. The van der Waals surface area contributed by atoms with Crippen molar-refractivity contribution in [1.82, 2.24) is 0 Å². The number of rotatable bonds is 2. The van der Waals surface area contributed by atoms with Crippen molar-refractivity contribution in [3.05, 3.63) is 69.2 Å². The van der Waals surface area contributed by atoms with E-state index in [0.717, 1.165) is 5.56 Å². The third-order valence-corrected chi connectivity index (χ3v) is 3.17. The molecule has 0 bridgehead atoms. The molecular formula is C14H10Cl2O. The first-order valence-electron chi connectivity index (χ1n) is 5.14. The second kappa shape index (κ2) is 4.91. The third-order valence-electron chi connectivity index (χ3n) is 2.51. The predicted octanol–water partition coefficient (Wildman–Crippen LogP) is 4.53. The largest absolute Gasteiger partial charge is 0.289 e. The quantitative estimate of drug-likeness (QED) is 0.729. The van der Waals surface area contributed by atoms with Crippen LogP contribution in [-0.4, -0.2) is 5.78 Å². The van der Waals surface area contributed by atoms with Gasteiger partial charge < -0.3 is 0 Å². The van der Waals surface area contributed by atoms with Crippen molar-refractivity contribution >= 4 is 29.0 Å².